The lowest BCUT2D eigenvalue weighted by Crippen LogP contribution is -2.41. The minimum absolute atomic E-state index is 0.0402. The predicted octanol–water partition coefficient (Wildman–Crippen LogP) is 3.40. The van der Waals surface area contributed by atoms with Crippen LogP contribution in [0.15, 0.2) is 24.3 Å². The standard InChI is InChI=1S/C20H32N2O3S/c1-16-9-8-13-21(15-16)19(23)12-14-22(26(5,24)25)18-11-7-6-10-17(18)20(2,3)4/h6-7,10-11,16H,8-9,12-15H2,1-5H3. The summed E-state index contributed by atoms with van der Waals surface area (Å²) in [5, 5.41) is 0. The zero-order valence-corrected chi connectivity index (χ0v) is 17.5. The van der Waals surface area contributed by atoms with Gasteiger partial charge in [0.1, 0.15) is 0 Å². The highest BCUT2D eigenvalue weighted by molar-refractivity contribution is 7.92. The van der Waals surface area contributed by atoms with Crippen molar-refractivity contribution in [2.24, 2.45) is 5.92 Å². The van der Waals surface area contributed by atoms with E-state index in [0.717, 1.165) is 31.5 Å². The Morgan fingerprint density at radius 1 is 1.27 bits per heavy atom. The second-order valence-electron chi connectivity index (χ2n) is 8.44. The van der Waals surface area contributed by atoms with E-state index in [1.165, 1.54) is 10.6 Å². The number of piperidine rings is 1. The lowest BCUT2D eigenvalue weighted by atomic mass is 9.86. The lowest BCUT2D eigenvalue weighted by molar-refractivity contribution is -0.132. The van der Waals surface area contributed by atoms with E-state index in [-0.39, 0.29) is 24.3 Å². The van der Waals surface area contributed by atoms with Crippen molar-refractivity contribution in [2.75, 3.05) is 30.2 Å². The number of benzene rings is 1. The van der Waals surface area contributed by atoms with Crippen LogP contribution < -0.4 is 4.31 Å². The summed E-state index contributed by atoms with van der Waals surface area (Å²) in [7, 11) is -3.48. The number of carbonyl (C=O) groups excluding carboxylic acids is 1. The molecule has 6 heteroatoms. The van der Waals surface area contributed by atoms with Gasteiger partial charge in [-0.2, -0.15) is 0 Å². The van der Waals surface area contributed by atoms with Gasteiger partial charge in [-0.1, -0.05) is 45.9 Å². The van der Waals surface area contributed by atoms with Gasteiger partial charge in [-0.25, -0.2) is 8.42 Å². The van der Waals surface area contributed by atoms with E-state index in [0.29, 0.717) is 11.6 Å². The van der Waals surface area contributed by atoms with Gasteiger partial charge in [-0.15, -0.1) is 0 Å². The summed E-state index contributed by atoms with van der Waals surface area (Å²) in [6.07, 6.45) is 3.59. The Morgan fingerprint density at radius 3 is 2.50 bits per heavy atom. The molecule has 146 valence electrons. The Balaban J connectivity index is 2.21. The first-order valence-corrected chi connectivity index (χ1v) is 11.2. The van der Waals surface area contributed by atoms with Crippen LogP contribution >= 0.6 is 0 Å². The number of hydrogen-bond acceptors (Lipinski definition) is 3. The zero-order valence-electron chi connectivity index (χ0n) is 16.7. The molecule has 1 saturated heterocycles. The summed E-state index contributed by atoms with van der Waals surface area (Å²) in [4.78, 5) is 14.5. The predicted molar refractivity (Wildman–Crippen MR) is 107 cm³/mol. The topological polar surface area (TPSA) is 57.7 Å². The normalized spacial score (nSPS) is 18.7. The fourth-order valence-corrected chi connectivity index (χ4v) is 4.50. The molecule has 0 radical (unpaired) electrons. The summed E-state index contributed by atoms with van der Waals surface area (Å²) in [5.41, 5.74) is 1.44. The summed E-state index contributed by atoms with van der Waals surface area (Å²) in [6, 6.07) is 7.55. The number of anilines is 1. The van der Waals surface area contributed by atoms with Crippen molar-refractivity contribution in [2.45, 2.75) is 52.4 Å². The maximum absolute atomic E-state index is 12.6. The minimum Gasteiger partial charge on any atom is -0.342 e. The highest BCUT2D eigenvalue weighted by Crippen LogP contribution is 2.33. The van der Waals surface area contributed by atoms with Crippen LogP contribution in [0, 0.1) is 5.92 Å². The smallest absolute Gasteiger partial charge is 0.232 e. The van der Waals surface area contributed by atoms with Crippen LogP contribution in [0.5, 0.6) is 0 Å². The van der Waals surface area contributed by atoms with Gasteiger partial charge in [-0.05, 0) is 35.8 Å². The minimum atomic E-state index is -3.48. The Hall–Kier alpha value is -1.56. The molecule has 5 nitrogen and oxygen atoms in total. The van der Waals surface area contributed by atoms with Gasteiger partial charge in [-0.3, -0.25) is 9.10 Å². The molecule has 0 saturated carbocycles. The monoisotopic (exact) mass is 380 g/mol. The van der Waals surface area contributed by atoms with Crippen molar-refractivity contribution in [1.29, 1.82) is 0 Å². The second-order valence-corrected chi connectivity index (χ2v) is 10.3. The summed E-state index contributed by atoms with van der Waals surface area (Å²) >= 11 is 0. The van der Waals surface area contributed by atoms with Gasteiger partial charge in [0.05, 0.1) is 11.9 Å². The lowest BCUT2D eigenvalue weighted by Gasteiger charge is -2.33. The van der Waals surface area contributed by atoms with Crippen LogP contribution in [-0.2, 0) is 20.2 Å². The number of likely N-dealkylation sites (tertiary alicyclic amines) is 1. The molecule has 0 N–H and O–H groups in total. The third-order valence-corrected chi connectivity index (χ3v) is 6.10. The van der Waals surface area contributed by atoms with E-state index in [4.69, 9.17) is 0 Å². The molecule has 0 spiro atoms. The SMILES string of the molecule is CC1CCCN(C(=O)CCN(c2ccccc2C(C)(C)C)S(C)(=O)=O)C1. The molecule has 1 unspecified atom stereocenters. The molecule has 1 aromatic carbocycles. The van der Waals surface area contributed by atoms with Crippen molar-refractivity contribution in [1.82, 2.24) is 4.90 Å². The highest BCUT2D eigenvalue weighted by Gasteiger charge is 2.27. The maximum atomic E-state index is 12.6. The Kier molecular flexibility index (Phi) is 6.37. The Labute approximate surface area is 158 Å². The fraction of sp³-hybridized carbons (Fsp3) is 0.650. The Morgan fingerprint density at radius 2 is 1.92 bits per heavy atom. The number of amides is 1. The quantitative estimate of drug-likeness (QED) is 0.787. The first kappa shape index (κ1) is 20.7. The number of carbonyl (C=O) groups is 1. The highest BCUT2D eigenvalue weighted by atomic mass is 32.2. The van der Waals surface area contributed by atoms with Crippen LogP contribution in [0.4, 0.5) is 5.69 Å². The van der Waals surface area contributed by atoms with E-state index in [1.54, 1.807) is 0 Å². The summed E-state index contributed by atoms with van der Waals surface area (Å²) in [6.45, 7) is 10.1. The van der Waals surface area contributed by atoms with Crippen molar-refractivity contribution in [3.8, 4) is 0 Å². The average molecular weight is 381 g/mol. The van der Waals surface area contributed by atoms with Gasteiger partial charge in [0.15, 0.2) is 0 Å². The average Bonchev–Trinajstić information content (AvgIpc) is 2.53. The van der Waals surface area contributed by atoms with Gasteiger partial charge in [0.2, 0.25) is 15.9 Å². The molecule has 0 aliphatic carbocycles. The molecule has 0 bridgehead atoms. The van der Waals surface area contributed by atoms with E-state index in [1.807, 2.05) is 29.2 Å². The van der Waals surface area contributed by atoms with Crippen LogP contribution in [0.1, 0.15) is 52.5 Å². The van der Waals surface area contributed by atoms with Crippen molar-refractivity contribution < 1.29 is 13.2 Å². The number of hydrogen-bond donors (Lipinski definition) is 0. The third kappa shape index (κ3) is 5.22. The van der Waals surface area contributed by atoms with Crippen LogP contribution in [0.2, 0.25) is 0 Å². The molecule has 1 atom stereocenters. The molecule has 1 aromatic rings. The van der Waals surface area contributed by atoms with Gasteiger partial charge < -0.3 is 4.90 Å². The number of para-hydroxylation sites is 1. The van der Waals surface area contributed by atoms with E-state index >= 15 is 0 Å². The zero-order chi connectivity index (χ0) is 19.5. The number of rotatable bonds is 5. The maximum Gasteiger partial charge on any atom is 0.232 e. The summed E-state index contributed by atoms with van der Waals surface area (Å²) < 4.78 is 26.3. The third-order valence-electron chi connectivity index (χ3n) is 4.92. The summed E-state index contributed by atoms with van der Waals surface area (Å²) in [5.74, 6) is 0.554. The fourth-order valence-electron chi connectivity index (χ4n) is 3.56. The molecule has 1 aliphatic heterocycles. The molecule has 1 aliphatic rings. The largest absolute Gasteiger partial charge is 0.342 e. The first-order valence-electron chi connectivity index (χ1n) is 9.35. The Bertz CT molecular complexity index is 738. The molecule has 1 amide bonds. The van der Waals surface area contributed by atoms with E-state index in [9.17, 15) is 13.2 Å². The van der Waals surface area contributed by atoms with Crippen LogP contribution in [-0.4, -0.2) is 45.1 Å². The van der Waals surface area contributed by atoms with Gasteiger partial charge in [0, 0.05) is 26.1 Å². The molecule has 2 rings (SSSR count). The molecular formula is C20H32N2O3S. The second kappa shape index (κ2) is 7.99. The van der Waals surface area contributed by atoms with Crippen LogP contribution in [0.3, 0.4) is 0 Å². The number of nitrogens with zero attached hydrogens (tertiary/aromatic N) is 2. The van der Waals surface area contributed by atoms with Crippen LogP contribution in [0.25, 0.3) is 0 Å². The van der Waals surface area contributed by atoms with Gasteiger partial charge >= 0.3 is 0 Å². The van der Waals surface area contributed by atoms with Crippen molar-refractivity contribution >= 4 is 21.6 Å². The molecule has 0 aromatic heterocycles. The molecular weight excluding hydrogens is 348 g/mol. The first-order chi connectivity index (χ1) is 12.0. The molecule has 1 heterocycles. The van der Waals surface area contributed by atoms with Crippen molar-refractivity contribution in [3.63, 3.8) is 0 Å². The molecule has 26 heavy (non-hydrogen) atoms. The van der Waals surface area contributed by atoms with Gasteiger partial charge in [0.25, 0.3) is 0 Å². The molecule has 1 fully saturated rings. The van der Waals surface area contributed by atoms with E-state index < -0.39 is 10.0 Å². The van der Waals surface area contributed by atoms with E-state index in [2.05, 4.69) is 27.7 Å². The van der Waals surface area contributed by atoms with Crippen molar-refractivity contribution in [3.05, 3.63) is 29.8 Å². The number of sulfonamides is 1.